The Morgan fingerprint density at radius 3 is 1.27 bits per heavy atom. The van der Waals surface area contributed by atoms with Gasteiger partial charge in [-0.1, -0.05) is 164 Å². The second kappa shape index (κ2) is 14.7. The summed E-state index contributed by atoms with van der Waals surface area (Å²) >= 11 is 1.72. The highest BCUT2D eigenvalue weighted by Crippen LogP contribution is 2.40. The van der Waals surface area contributed by atoms with Gasteiger partial charge in [0.15, 0.2) is 5.82 Å². The number of rotatable bonds is 7. The summed E-state index contributed by atoms with van der Waals surface area (Å²) in [4.78, 5) is 21.7. The van der Waals surface area contributed by atoms with Crippen LogP contribution in [0.15, 0.2) is 206 Å². The molecule has 8 aromatic carbocycles. The van der Waals surface area contributed by atoms with Crippen LogP contribution >= 0.6 is 11.3 Å². The largest absolute Gasteiger partial charge is 0.244 e. The van der Waals surface area contributed by atoms with E-state index in [0.29, 0.717) is 0 Å². The molecule has 0 atom stereocenters. The van der Waals surface area contributed by atoms with Crippen molar-refractivity contribution in [3.05, 3.63) is 206 Å². The summed E-state index contributed by atoms with van der Waals surface area (Å²) < 4.78 is 1.21. The maximum absolute atomic E-state index is 5.25. The van der Waals surface area contributed by atoms with E-state index in [9.17, 15) is 0 Å². The third-order valence-corrected chi connectivity index (χ3v) is 12.0. The van der Waals surface area contributed by atoms with E-state index < -0.39 is 0 Å². The van der Waals surface area contributed by atoms with Gasteiger partial charge in [0.05, 0.1) is 28.1 Å². The minimum absolute atomic E-state index is 0.724. The van der Waals surface area contributed by atoms with Crippen molar-refractivity contribution in [1.82, 2.24) is 19.9 Å². The van der Waals surface area contributed by atoms with Gasteiger partial charge in [0.1, 0.15) is 4.83 Å². The molecule has 3 aromatic heterocycles. The van der Waals surface area contributed by atoms with E-state index in [1.165, 1.54) is 10.1 Å². The summed E-state index contributed by atoms with van der Waals surface area (Å²) in [5.41, 5.74) is 15.4. The predicted octanol–water partition coefficient (Wildman–Crippen LogP) is 14.5. The fourth-order valence-electron chi connectivity index (χ4n) is 8.00. The lowest BCUT2D eigenvalue weighted by Gasteiger charge is -2.13. The summed E-state index contributed by atoms with van der Waals surface area (Å²) in [5, 5.41) is 2.30. The van der Waals surface area contributed by atoms with E-state index in [1.807, 2.05) is 48.5 Å². The van der Waals surface area contributed by atoms with E-state index >= 15 is 0 Å². The van der Waals surface area contributed by atoms with Crippen LogP contribution in [0.25, 0.3) is 110 Å². The molecule has 0 bridgehead atoms. The lowest BCUT2D eigenvalue weighted by Crippen LogP contribution is -1.95. The molecule has 5 heteroatoms. The zero-order valence-electron chi connectivity index (χ0n) is 31.8. The van der Waals surface area contributed by atoms with Crippen LogP contribution in [0, 0.1) is 0 Å². The molecule has 4 nitrogen and oxygen atoms in total. The number of fused-ring (bicyclic) bond motifs is 4. The lowest BCUT2D eigenvalue weighted by molar-refractivity contribution is 1.24. The third-order valence-electron chi connectivity index (χ3n) is 10.9. The summed E-state index contributed by atoms with van der Waals surface area (Å²) in [6, 6.07) is 72.2. The number of benzene rings is 8. The van der Waals surface area contributed by atoms with E-state index in [-0.39, 0.29) is 0 Å². The average molecular weight is 771 g/mol. The van der Waals surface area contributed by atoms with Crippen molar-refractivity contribution in [3.63, 3.8) is 0 Å². The van der Waals surface area contributed by atoms with Gasteiger partial charge in [-0.25, -0.2) is 19.9 Å². The van der Waals surface area contributed by atoms with Crippen LogP contribution in [0.1, 0.15) is 0 Å². The van der Waals surface area contributed by atoms with E-state index in [1.54, 1.807) is 11.3 Å². The summed E-state index contributed by atoms with van der Waals surface area (Å²) in [5.74, 6) is 0.724. The van der Waals surface area contributed by atoms with Gasteiger partial charge in [0, 0.05) is 37.7 Å². The minimum atomic E-state index is 0.724. The monoisotopic (exact) mass is 770 g/mol. The first-order chi connectivity index (χ1) is 29.2. The van der Waals surface area contributed by atoms with Gasteiger partial charge >= 0.3 is 0 Å². The van der Waals surface area contributed by atoms with Crippen molar-refractivity contribution >= 4 is 42.7 Å². The van der Waals surface area contributed by atoms with Crippen molar-refractivity contribution in [2.75, 3.05) is 0 Å². The smallest absolute Gasteiger partial charge is 0.161 e. The van der Waals surface area contributed by atoms with Crippen LogP contribution in [-0.2, 0) is 0 Å². The standard InChI is InChI=1S/C54H34N4S/c1-3-15-35(16-4-1)50-49-45-27-7-10-30-48(45)59-54(49)58-53(57-50)44-26-14-24-42(34-44)40-22-12-20-38(32-40)37-19-11-21-39(31-37)41-23-13-25-43(33-41)52-51(36-17-5-2-6-18-36)55-46-28-8-9-29-47(46)56-52/h1-34H. The highest BCUT2D eigenvalue weighted by atomic mass is 32.1. The molecule has 0 saturated carbocycles. The van der Waals surface area contributed by atoms with Crippen LogP contribution in [0.5, 0.6) is 0 Å². The highest BCUT2D eigenvalue weighted by Gasteiger charge is 2.18. The first kappa shape index (κ1) is 34.6. The maximum atomic E-state index is 5.25. The molecule has 11 rings (SSSR count). The molecular formula is C54H34N4S. The summed E-state index contributed by atoms with van der Waals surface area (Å²) in [6.45, 7) is 0. The molecule has 0 aliphatic carbocycles. The average Bonchev–Trinajstić information content (AvgIpc) is 3.70. The van der Waals surface area contributed by atoms with Gasteiger partial charge in [-0.15, -0.1) is 11.3 Å². The number of thiophene rings is 1. The van der Waals surface area contributed by atoms with Crippen LogP contribution in [-0.4, -0.2) is 19.9 Å². The van der Waals surface area contributed by atoms with Gasteiger partial charge in [-0.2, -0.15) is 0 Å². The Balaban J connectivity index is 0.944. The minimum Gasteiger partial charge on any atom is -0.244 e. The Kier molecular flexibility index (Phi) is 8.64. The molecule has 0 radical (unpaired) electrons. The molecule has 0 aliphatic rings. The van der Waals surface area contributed by atoms with E-state index in [0.717, 1.165) is 99.8 Å². The molecule has 0 unspecified atom stereocenters. The number of hydrogen-bond acceptors (Lipinski definition) is 5. The van der Waals surface area contributed by atoms with E-state index in [2.05, 4.69) is 158 Å². The summed E-state index contributed by atoms with van der Waals surface area (Å²) in [6.07, 6.45) is 0. The number of hydrogen-bond donors (Lipinski definition) is 0. The van der Waals surface area contributed by atoms with Crippen molar-refractivity contribution in [2.24, 2.45) is 0 Å². The van der Waals surface area contributed by atoms with Crippen LogP contribution < -0.4 is 0 Å². The van der Waals surface area contributed by atoms with Crippen LogP contribution in [0.2, 0.25) is 0 Å². The number of para-hydroxylation sites is 2. The molecule has 276 valence electrons. The zero-order chi connectivity index (χ0) is 39.1. The fraction of sp³-hybridized carbons (Fsp3) is 0. The van der Waals surface area contributed by atoms with E-state index in [4.69, 9.17) is 19.9 Å². The fourth-order valence-corrected chi connectivity index (χ4v) is 9.07. The van der Waals surface area contributed by atoms with Crippen molar-refractivity contribution in [3.8, 4) is 78.5 Å². The molecule has 0 spiro atoms. The van der Waals surface area contributed by atoms with Gasteiger partial charge in [0.2, 0.25) is 0 Å². The highest BCUT2D eigenvalue weighted by molar-refractivity contribution is 7.25. The zero-order valence-corrected chi connectivity index (χ0v) is 32.6. The molecular weight excluding hydrogens is 737 g/mol. The molecule has 0 aliphatic heterocycles. The Morgan fingerprint density at radius 2 is 0.695 bits per heavy atom. The predicted molar refractivity (Wildman–Crippen MR) is 246 cm³/mol. The second-order valence-corrected chi connectivity index (χ2v) is 15.7. The van der Waals surface area contributed by atoms with Crippen LogP contribution in [0.3, 0.4) is 0 Å². The maximum Gasteiger partial charge on any atom is 0.161 e. The second-order valence-electron chi connectivity index (χ2n) is 14.6. The first-order valence-electron chi connectivity index (χ1n) is 19.7. The Morgan fingerprint density at radius 1 is 0.288 bits per heavy atom. The molecule has 59 heavy (non-hydrogen) atoms. The topological polar surface area (TPSA) is 51.6 Å². The number of aromatic nitrogens is 4. The van der Waals surface area contributed by atoms with Crippen molar-refractivity contribution in [1.29, 1.82) is 0 Å². The molecule has 11 aromatic rings. The van der Waals surface area contributed by atoms with Gasteiger partial charge in [-0.3, -0.25) is 0 Å². The quantitative estimate of drug-likeness (QED) is 0.162. The first-order valence-corrected chi connectivity index (χ1v) is 20.5. The van der Waals surface area contributed by atoms with Gasteiger partial charge in [0.25, 0.3) is 0 Å². The normalized spacial score (nSPS) is 11.4. The summed E-state index contributed by atoms with van der Waals surface area (Å²) in [7, 11) is 0. The molecule has 0 fully saturated rings. The van der Waals surface area contributed by atoms with Gasteiger partial charge in [-0.05, 0) is 75.8 Å². The number of nitrogens with zero attached hydrogens (tertiary/aromatic N) is 4. The molecule has 0 N–H and O–H groups in total. The molecule has 0 saturated heterocycles. The van der Waals surface area contributed by atoms with Crippen molar-refractivity contribution in [2.45, 2.75) is 0 Å². The Labute approximate surface area is 345 Å². The van der Waals surface area contributed by atoms with Gasteiger partial charge < -0.3 is 0 Å². The van der Waals surface area contributed by atoms with Crippen molar-refractivity contribution < 1.29 is 0 Å². The third kappa shape index (κ3) is 6.54. The Bertz CT molecular complexity index is 3340. The SMILES string of the molecule is c1ccc(-c2nc3ccccc3nc2-c2cccc(-c3cccc(-c4cccc(-c5cccc(-c6nc(-c7ccccc7)c7c(n6)sc6ccccc67)c5)c4)c3)c2)cc1. The van der Waals surface area contributed by atoms with Crippen LogP contribution in [0.4, 0.5) is 0 Å². The lowest BCUT2D eigenvalue weighted by atomic mass is 9.94. The molecule has 3 heterocycles. The Hall–Kier alpha value is -7.60. The molecule has 0 amide bonds.